The highest BCUT2D eigenvalue weighted by molar-refractivity contribution is 7.84. The van der Waals surface area contributed by atoms with Crippen LogP contribution in [0.15, 0.2) is 5.28 Å². The average Bonchev–Trinajstić information content (AvgIpc) is 2.16. The highest BCUT2D eigenvalue weighted by Crippen LogP contribution is 1.98. The van der Waals surface area contributed by atoms with E-state index in [1.165, 1.54) is 19.1 Å². The van der Waals surface area contributed by atoms with Crippen molar-refractivity contribution >= 4 is 10.3 Å². The Morgan fingerprint density at radius 1 is 1.33 bits per heavy atom. The van der Waals surface area contributed by atoms with Crippen molar-refractivity contribution in [2.45, 2.75) is 13.8 Å². The zero-order chi connectivity index (χ0) is 12.1. The number of rotatable bonds is 6. The Morgan fingerprint density at radius 2 is 1.80 bits per heavy atom. The SMILES string of the molecule is CCN(CC)/[N+]([O-])=N\OS(=O)(=O)N(C)C. The largest absolute Gasteiger partial charge is 0.569 e. The van der Waals surface area contributed by atoms with E-state index in [9.17, 15) is 13.6 Å². The molecule has 0 aromatic rings. The van der Waals surface area contributed by atoms with Gasteiger partial charge in [-0.3, -0.25) is 0 Å². The first-order valence-electron chi connectivity index (χ1n) is 4.39. The fourth-order valence-electron chi connectivity index (χ4n) is 0.655. The van der Waals surface area contributed by atoms with Crippen LogP contribution < -0.4 is 0 Å². The van der Waals surface area contributed by atoms with E-state index >= 15 is 0 Å². The van der Waals surface area contributed by atoms with Crippen molar-refractivity contribution in [1.29, 1.82) is 0 Å². The monoisotopic (exact) mass is 240 g/mol. The molecular weight excluding hydrogens is 224 g/mol. The molecule has 0 aromatic carbocycles. The third kappa shape index (κ3) is 4.30. The van der Waals surface area contributed by atoms with Gasteiger partial charge in [0.25, 0.3) is 5.28 Å². The first-order chi connectivity index (χ1) is 6.85. The summed E-state index contributed by atoms with van der Waals surface area (Å²) in [6, 6.07) is 0. The number of hydrogen-bond acceptors (Lipinski definition) is 5. The van der Waals surface area contributed by atoms with Crippen LogP contribution in [0.3, 0.4) is 0 Å². The van der Waals surface area contributed by atoms with Crippen molar-refractivity contribution < 1.29 is 17.7 Å². The van der Waals surface area contributed by atoms with Gasteiger partial charge < -0.3 is 5.21 Å². The molecule has 0 saturated carbocycles. The standard InChI is InChI=1S/C6H16N4O4S/c1-5-9(6-2)10(11)7-14-15(12,13)8(3)4/h5-6H2,1-4H3/b10-7+. The molecule has 0 spiro atoms. The van der Waals surface area contributed by atoms with Crippen molar-refractivity contribution in [1.82, 2.24) is 9.31 Å². The van der Waals surface area contributed by atoms with Gasteiger partial charge in [-0.25, -0.2) is 0 Å². The molecule has 0 aliphatic carbocycles. The van der Waals surface area contributed by atoms with Crippen LogP contribution in [0.4, 0.5) is 0 Å². The molecule has 0 aliphatic heterocycles. The molecular formula is C6H16N4O4S. The van der Waals surface area contributed by atoms with Crippen LogP contribution in [0.1, 0.15) is 13.8 Å². The summed E-state index contributed by atoms with van der Waals surface area (Å²) in [5.41, 5.74) is 0. The molecule has 0 heterocycles. The van der Waals surface area contributed by atoms with Crippen LogP contribution in [0.25, 0.3) is 0 Å². The van der Waals surface area contributed by atoms with E-state index in [0.717, 1.165) is 4.31 Å². The Kier molecular flexibility index (Phi) is 5.29. The lowest BCUT2D eigenvalue weighted by atomic mass is 10.6. The molecule has 8 nitrogen and oxygen atoms in total. The topological polar surface area (TPSA) is 88.3 Å². The summed E-state index contributed by atoms with van der Waals surface area (Å²) in [4.78, 5) is 0.112. The summed E-state index contributed by atoms with van der Waals surface area (Å²) in [6.45, 7) is 4.30. The van der Waals surface area contributed by atoms with Crippen LogP contribution in [0.5, 0.6) is 0 Å². The molecule has 9 heteroatoms. The lowest BCUT2D eigenvalue weighted by Crippen LogP contribution is -2.31. The fraction of sp³-hybridized carbons (Fsp3) is 1.00. The molecule has 0 unspecified atom stereocenters. The molecule has 0 fully saturated rings. The molecule has 0 aliphatic rings. The maximum absolute atomic E-state index is 11.1. The molecule has 0 bridgehead atoms. The summed E-state index contributed by atoms with van der Waals surface area (Å²) < 4.78 is 27.1. The third-order valence-electron chi connectivity index (χ3n) is 1.62. The smallest absolute Gasteiger partial charge is 0.408 e. The highest BCUT2D eigenvalue weighted by atomic mass is 32.2. The Morgan fingerprint density at radius 3 is 2.13 bits per heavy atom. The molecule has 15 heavy (non-hydrogen) atoms. The van der Waals surface area contributed by atoms with Gasteiger partial charge >= 0.3 is 10.3 Å². The molecule has 0 saturated heterocycles. The quantitative estimate of drug-likeness (QED) is 0.369. The Labute approximate surface area is 89.5 Å². The summed E-state index contributed by atoms with van der Waals surface area (Å²) in [5.74, 6) is 0. The first-order valence-corrected chi connectivity index (χ1v) is 5.75. The Balaban J connectivity index is 4.53. The van der Waals surface area contributed by atoms with E-state index in [1.54, 1.807) is 13.8 Å². The second-order valence-electron chi connectivity index (χ2n) is 2.79. The second-order valence-corrected chi connectivity index (χ2v) is 4.52. The van der Waals surface area contributed by atoms with Gasteiger partial charge in [0, 0.05) is 14.1 Å². The molecule has 0 radical (unpaired) electrons. The summed E-state index contributed by atoms with van der Waals surface area (Å²) in [7, 11) is -1.39. The van der Waals surface area contributed by atoms with Gasteiger partial charge in [0.1, 0.15) is 0 Å². The summed E-state index contributed by atoms with van der Waals surface area (Å²) in [5, 5.41) is 15.3. The summed E-state index contributed by atoms with van der Waals surface area (Å²) in [6.07, 6.45) is 0. The third-order valence-corrected chi connectivity index (χ3v) is 2.77. The van der Waals surface area contributed by atoms with E-state index in [-0.39, 0.29) is 4.97 Å². The van der Waals surface area contributed by atoms with Crippen molar-refractivity contribution in [3.63, 3.8) is 0 Å². The molecule has 0 amide bonds. The van der Waals surface area contributed by atoms with E-state index < -0.39 is 10.3 Å². The summed E-state index contributed by atoms with van der Waals surface area (Å²) >= 11 is 0. The Bertz CT molecular complexity index is 309. The van der Waals surface area contributed by atoms with Gasteiger partial charge in [0.05, 0.1) is 18.1 Å². The zero-order valence-electron chi connectivity index (χ0n) is 9.24. The zero-order valence-corrected chi connectivity index (χ0v) is 10.1. The normalized spacial score (nSPS) is 13.0. The van der Waals surface area contributed by atoms with E-state index in [2.05, 4.69) is 9.56 Å². The molecule has 0 rings (SSSR count). The second kappa shape index (κ2) is 5.71. The van der Waals surface area contributed by atoms with Crippen LogP contribution in [0, 0.1) is 5.21 Å². The van der Waals surface area contributed by atoms with Gasteiger partial charge in [-0.1, -0.05) is 0 Å². The van der Waals surface area contributed by atoms with Crippen LogP contribution in [-0.4, -0.2) is 49.9 Å². The van der Waals surface area contributed by atoms with Gasteiger partial charge in [-0.2, -0.15) is 17.0 Å². The lowest BCUT2D eigenvalue weighted by Gasteiger charge is -2.13. The van der Waals surface area contributed by atoms with Crippen molar-refractivity contribution in [2.24, 2.45) is 5.28 Å². The fourth-order valence-corrected chi connectivity index (χ4v) is 0.929. The minimum atomic E-state index is -3.94. The van der Waals surface area contributed by atoms with Crippen LogP contribution >= 0.6 is 0 Å². The number of hydrazine groups is 1. The minimum absolute atomic E-state index is 0.112. The van der Waals surface area contributed by atoms with Crippen LogP contribution in [-0.2, 0) is 14.6 Å². The molecule has 0 aromatic heterocycles. The Hall–Kier alpha value is -1.09. The van der Waals surface area contributed by atoms with Gasteiger partial charge in [0.2, 0.25) is 0 Å². The average molecular weight is 240 g/mol. The van der Waals surface area contributed by atoms with E-state index in [1.807, 2.05) is 0 Å². The van der Waals surface area contributed by atoms with Gasteiger partial charge in [0.15, 0.2) is 0 Å². The molecule has 90 valence electrons. The van der Waals surface area contributed by atoms with E-state index in [4.69, 9.17) is 0 Å². The first kappa shape index (κ1) is 13.9. The predicted octanol–water partition coefficient (Wildman–Crippen LogP) is -0.0563. The van der Waals surface area contributed by atoms with Gasteiger partial charge in [-0.05, 0) is 13.8 Å². The van der Waals surface area contributed by atoms with Crippen molar-refractivity contribution in [3.05, 3.63) is 5.21 Å². The maximum atomic E-state index is 11.1. The van der Waals surface area contributed by atoms with Crippen molar-refractivity contribution in [2.75, 3.05) is 27.2 Å². The molecule has 0 N–H and O–H groups in total. The maximum Gasteiger partial charge on any atom is 0.408 e. The van der Waals surface area contributed by atoms with E-state index in [0.29, 0.717) is 13.1 Å². The minimum Gasteiger partial charge on any atom is -0.569 e. The highest BCUT2D eigenvalue weighted by Gasteiger charge is 2.18. The lowest BCUT2D eigenvalue weighted by molar-refractivity contribution is -0.706. The van der Waals surface area contributed by atoms with Crippen molar-refractivity contribution in [3.8, 4) is 0 Å². The van der Waals surface area contributed by atoms with Crippen LogP contribution in [0.2, 0.25) is 0 Å². The molecule has 0 atom stereocenters. The number of nitrogens with zero attached hydrogens (tertiary/aromatic N) is 4. The van der Waals surface area contributed by atoms with Gasteiger partial charge in [-0.15, -0.1) is 5.01 Å². The predicted molar refractivity (Wildman–Crippen MR) is 52.7 cm³/mol. The number of hydrogen-bond donors (Lipinski definition) is 0.